The van der Waals surface area contributed by atoms with Crippen molar-refractivity contribution in [2.75, 3.05) is 18.5 Å². The lowest BCUT2D eigenvalue weighted by molar-refractivity contribution is 0.0718. The van der Waals surface area contributed by atoms with E-state index in [1.807, 2.05) is 36.0 Å². The second kappa shape index (κ2) is 7.19. The van der Waals surface area contributed by atoms with Gasteiger partial charge < -0.3 is 10.1 Å². The average Bonchev–Trinajstić information content (AvgIpc) is 3.04. The Morgan fingerprint density at radius 3 is 2.60 bits per heavy atom. The molecule has 0 radical (unpaired) electrons. The van der Waals surface area contributed by atoms with Crippen molar-refractivity contribution in [3.05, 3.63) is 48.4 Å². The molecular weight excluding hydrogens is 314 g/mol. The summed E-state index contributed by atoms with van der Waals surface area (Å²) in [5.41, 5.74) is 1.84. The molecule has 0 saturated carbocycles. The number of benzene rings is 1. The molecule has 0 aliphatic carbocycles. The molecule has 0 aliphatic rings. The van der Waals surface area contributed by atoms with Gasteiger partial charge in [0, 0.05) is 13.2 Å². The number of fused-ring (bicyclic) bond motifs is 1. The Bertz CT molecular complexity index is 823. The van der Waals surface area contributed by atoms with E-state index in [-0.39, 0.29) is 11.6 Å². The molecule has 0 amide bonds. The number of hydrogen-bond donors (Lipinski definition) is 1. The second-order valence-corrected chi connectivity index (χ2v) is 6.92. The van der Waals surface area contributed by atoms with Crippen molar-refractivity contribution < 1.29 is 4.74 Å². The predicted octanol–water partition coefficient (Wildman–Crippen LogP) is 3.77. The molecule has 6 nitrogen and oxygen atoms in total. The maximum absolute atomic E-state index is 5.89. The third-order valence-corrected chi connectivity index (χ3v) is 4.00. The van der Waals surface area contributed by atoms with Crippen LogP contribution in [0, 0.1) is 0 Å². The van der Waals surface area contributed by atoms with Crippen LogP contribution in [0.4, 0.5) is 5.82 Å². The normalized spacial score (nSPS) is 13.1. The van der Waals surface area contributed by atoms with Gasteiger partial charge in [-0.3, -0.25) is 0 Å². The van der Waals surface area contributed by atoms with Crippen molar-refractivity contribution >= 4 is 16.9 Å². The van der Waals surface area contributed by atoms with Crippen LogP contribution in [-0.2, 0) is 10.3 Å². The first-order chi connectivity index (χ1) is 12.0. The molecule has 2 aromatic heterocycles. The molecule has 3 rings (SSSR count). The van der Waals surface area contributed by atoms with Crippen molar-refractivity contribution in [1.29, 1.82) is 0 Å². The van der Waals surface area contributed by atoms with Crippen molar-refractivity contribution in [3.8, 4) is 0 Å². The quantitative estimate of drug-likeness (QED) is 0.740. The van der Waals surface area contributed by atoms with E-state index in [2.05, 4.69) is 53.3 Å². The van der Waals surface area contributed by atoms with E-state index in [0.29, 0.717) is 13.2 Å². The molecule has 3 aromatic rings. The largest absolute Gasteiger partial charge is 0.372 e. The van der Waals surface area contributed by atoms with Gasteiger partial charge in [0.05, 0.1) is 23.2 Å². The Balaban J connectivity index is 1.84. The summed E-state index contributed by atoms with van der Waals surface area (Å²) >= 11 is 0. The van der Waals surface area contributed by atoms with Crippen molar-refractivity contribution in [2.45, 2.75) is 39.3 Å². The van der Waals surface area contributed by atoms with Crippen LogP contribution in [0.2, 0.25) is 0 Å². The summed E-state index contributed by atoms with van der Waals surface area (Å²) < 4.78 is 7.82. The lowest BCUT2D eigenvalue weighted by Crippen LogP contribution is -2.23. The summed E-state index contributed by atoms with van der Waals surface area (Å²) in [6, 6.07) is 10.2. The summed E-state index contributed by atoms with van der Waals surface area (Å²) in [4.78, 5) is 8.80. The highest BCUT2D eigenvalue weighted by molar-refractivity contribution is 5.86. The SMILES string of the molecule is CCOC(CNc1ncnc2c1cnn2C(C)(C)C)c1ccccc1. The number of nitrogens with one attached hydrogen (secondary N) is 1. The van der Waals surface area contributed by atoms with Gasteiger partial charge >= 0.3 is 0 Å². The standard InChI is InChI=1S/C19H25N5O/c1-5-25-16(14-9-7-6-8-10-14)12-20-17-15-11-23-24(19(2,3)4)18(15)22-13-21-17/h6-11,13,16H,5,12H2,1-4H3,(H,20,21,22). The molecule has 2 heterocycles. The van der Waals surface area contributed by atoms with E-state index >= 15 is 0 Å². The third-order valence-electron chi connectivity index (χ3n) is 4.00. The van der Waals surface area contributed by atoms with Gasteiger partial charge in [-0.15, -0.1) is 0 Å². The van der Waals surface area contributed by atoms with Crippen LogP contribution in [0.15, 0.2) is 42.9 Å². The van der Waals surface area contributed by atoms with Crippen molar-refractivity contribution in [2.24, 2.45) is 0 Å². The molecule has 1 N–H and O–H groups in total. The fourth-order valence-electron chi connectivity index (χ4n) is 2.81. The summed E-state index contributed by atoms with van der Waals surface area (Å²) in [6.45, 7) is 9.61. The molecular formula is C19H25N5O. The lowest BCUT2D eigenvalue weighted by atomic mass is 10.1. The van der Waals surface area contributed by atoms with Gasteiger partial charge in [-0.2, -0.15) is 5.10 Å². The predicted molar refractivity (Wildman–Crippen MR) is 99.6 cm³/mol. The minimum absolute atomic E-state index is 0.0334. The number of aromatic nitrogens is 4. The van der Waals surface area contributed by atoms with E-state index in [9.17, 15) is 0 Å². The van der Waals surface area contributed by atoms with Gasteiger partial charge in [0.1, 0.15) is 12.1 Å². The van der Waals surface area contributed by atoms with E-state index in [0.717, 1.165) is 22.4 Å². The molecule has 132 valence electrons. The Kier molecular flexibility index (Phi) is 4.99. The zero-order valence-corrected chi connectivity index (χ0v) is 15.2. The van der Waals surface area contributed by atoms with Crippen molar-refractivity contribution in [3.63, 3.8) is 0 Å². The lowest BCUT2D eigenvalue weighted by Gasteiger charge is -2.20. The highest BCUT2D eigenvalue weighted by Gasteiger charge is 2.20. The van der Waals surface area contributed by atoms with Crippen LogP contribution in [0.1, 0.15) is 39.4 Å². The van der Waals surface area contributed by atoms with Crippen LogP contribution in [0.5, 0.6) is 0 Å². The topological polar surface area (TPSA) is 64.9 Å². The minimum atomic E-state index is -0.134. The molecule has 0 saturated heterocycles. The number of rotatable bonds is 6. The molecule has 25 heavy (non-hydrogen) atoms. The Labute approximate surface area is 148 Å². The van der Waals surface area contributed by atoms with Crippen LogP contribution < -0.4 is 5.32 Å². The molecule has 0 fully saturated rings. The van der Waals surface area contributed by atoms with E-state index in [4.69, 9.17) is 4.74 Å². The maximum Gasteiger partial charge on any atom is 0.163 e. The van der Waals surface area contributed by atoms with Crippen LogP contribution in [0.3, 0.4) is 0 Å². The summed E-state index contributed by atoms with van der Waals surface area (Å²) in [5, 5.41) is 8.82. The number of nitrogens with zero attached hydrogens (tertiary/aromatic N) is 4. The molecule has 1 atom stereocenters. The first kappa shape index (κ1) is 17.4. The van der Waals surface area contributed by atoms with E-state index < -0.39 is 0 Å². The molecule has 0 bridgehead atoms. The smallest absolute Gasteiger partial charge is 0.163 e. The van der Waals surface area contributed by atoms with Crippen molar-refractivity contribution in [1.82, 2.24) is 19.7 Å². The zero-order chi connectivity index (χ0) is 17.9. The maximum atomic E-state index is 5.89. The Morgan fingerprint density at radius 1 is 1.16 bits per heavy atom. The van der Waals surface area contributed by atoms with Gasteiger partial charge in [-0.25, -0.2) is 14.6 Å². The third kappa shape index (κ3) is 3.79. The molecule has 0 spiro atoms. The highest BCUT2D eigenvalue weighted by atomic mass is 16.5. The second-order valence-electron chi connectivity index (χ2n) is 6.92. The molecule has 6 heteroatoms. The van der Waals surface area contributed by atoms with Gasteiger partial charge in [0.2, 0.25) is 0 Å². The van der Waals surface area contributed by atoms with Gasteiger partial charge in [0.15, 0.2) is 5.65 Å². The van der Waals surface area contributed by atoms with Gasteiger partial charge in [0.25, 0.3) is 0 Å². The monoisotopic (exact) mass is 339 g/mol. The first-order valence-electron chi connectivity index (χ1n) is 8.60. The number of anilines is 1. The van der Waals surface area contributed by atoms with Crippen LogP contribution >= 0.6 is 0 Å². The zero-order valence-electron chi connectivity index (χ0n) is 15.2. The Morgan fingerprint density at radius 2 is 1.92 bits per heavy atom. The fourth-order valence-corrected chi connectivity index (χ4v) is 2.81. The number of ether oxygens (including phenoxy) is 1. The molecule has 1 unspecified atom stereocenters. The molecule has 1 aromatic carbocycles. The van der Waals surface area contributed by atoms with Gasteiger partial charge in [-0.1, -0.05) is 30.3 Å². The van der Waals surface area contributed by atoms with Crippen LogP contribution in [0.25, 0.3) is 11.0 Å². The highest BCUT2D eigenvalue weighted by Crippen LogP contribution is 2.25. The summed E-state index contributed by atoms with van der Waals surface area (Å²) in [7, 11) is 0. The average molecular weight is 339 g/mol. The Hall–Kier alpha value is -2.47. The first-order valence-corrected chi connectivity index (χ1v) is 8.60. The van der Waals surface area contributed by atoms with Crippen LogP contribution in [-0.4, -0.2) is 32.9 Å². The number of hydrogen-bond acceptors (Lipinski definition) is 5. The van der Waals surface area contributed by atoms with E-state index in [1.165, 1.54) is 0 Å². The minimum Gasteiger partial charge on any atom is -0.372 e. The van der Waals surface area contributed by atoms with E-state index in [1.54, 1.807) is 6.33 Å². The molecule has 0 aliphatic heterocycles. The van der Waals surface area contributed by atoms with Gasteiger partial charge in [-0.05, 0) is 33.3 Å². The summed E-state index contributed by atoms with van der Waals surface area (Å²) in [5.74, 6) is 0.779. The summed E-state index contributed by atoms with van der Waals surface area (Å²) in [6.07, 6.45) is 3.36. The fraction of sp³-hybridized carbons (Fsp3) is 0.421.